The van der Waals surface area contributed by atoms with Crippen LogP contribution in [0, 0.1) is 6.92 Å². The van der Waals surface area contributed by atoms with E-state index in [0.29, 0.717) is 36.8 Å². The van der Waals surface area contributed by atoms with Gasteiger partial charge in [-0.15, -0.1) is 0 Å². The number of carbonyl (C=O) groups excluding carboxylic acids is 1. The summed E-state index contributed by atoms with van der Waals surface area (Å²) in [6, 6.07) is 4.59. The smallest absolute Gasteiger partial charge is 0.290 e. The predicted octanol–water partition coefficient (Wildman–Crippen LogP) is 2.46. The Morgan fingerprint density at radius 3 is 2.88 bits per heavy atom. The number of rotatable bonds is 9. The molecule has 0 atom stereocenters. The van der Waals surface area contributed by atoms with Crippen LogP contribution in [0.5, 0.6) is 0 Å². The summed E-state index contributed by atoms with van der Waals surface area (Å²) >= 11 is 6.76. The van der Waals surface area contributed by atoms with Crippen molar-refractivity contribution in [3.8, 4) is 0 Å². The summed E-state index contributed by atoms with van der Waals surface area (Å²) in [5.41, 5.74) is 0.429. The highest BCUT2D eigenvalue weighted by molar-refractivity contribution is 7.93. The summed E-state index contributed by atoms with van der Waals surface area (Å²) in [6.45, 7) is 5.09. The summed E-state index contributed by atoms with van der Waals surface area (Å²) in [4.78, 5) is 15.9. The number of benzene rings is 1. The second-order valence-electron chi connectivity index (χ2n) is 5.20. The van der Waals surface area contributed by atoms with Gasteiger partial charge in [0.05, 0.1) is 4.90 Å². The van der Waals surface area contributed by atoms with E-state index in [4.69, 9.17) is 16.3 Å². The molecular weight excluding hydrogens is 400 g/mol. The van der Waals surface area contributed by atoms with Gasteiger partial charge in [0.2, 0.25) is 11.0 Å². The fourth-order valence-electron chi connectivity index (χ4n) is 2.01. The van der Waals surface area contributed by atoms with Gasteiger partial charge < -0.3 is 10.1 Å². The van der Waals surface area contributed by atoms with Crippen LogP contribution >= 0.6 is 23.1 Å². The number of nitrogens with zero attached hydrogens (tertiary/aromatic N) is 2. The van der Waals surface area contributed by atoms with Gasteiger partial charge in [-0.3, -0.25) is 9.52 Å². The molecule has 11 heteroatoms. The average molecular weight is 419 g/mol. The SMILES string of the molecule is CCOCCCNC(=O)c1nsc(NS(=O)(=O)c2cccc(Cl)c2C)n1. The van der Waals surface area contributed by atoms with Crippen LogP contribution < -0.4 is 10.0 Å². The number of anilines is 1. The summed E-state index contributed by atoms with van der Waals surface area (Å²) in [5.74, 6) is -0.561. The third-order valence-corrected chi connectivity index (χ3v) is 5.97. The molecule has 0 fully saturated rings. The lowest BCUT2D eigenvalue weighted by atomic mass is 10.2. The molecule has 0 radical (unpaired) electrons. The average Bonchev–Trinajstić information content (AvgIpc) is 3.04. The molecule has 0 spiro atoms. The van der Waals surface area contributed by atoms with E-state index in [1.54, 1.807) is 19.1 Å². The molecule has 1 aromatic heterocycles. The van der Waals surface area contributed by atoms with Crippen LogP contribution in [0.2, 0.25) is 5.02 Å². The number of amides is 1. The number of sulfonamides is 1. The van der Waals surface area contributed by atoms with E-state index in [9.17, 15) is 13.2 Å². The number of halogens is 1. The molecule has 0 aliphatic rings. The van der Waals surface area contributed by atoms with Crippen molar-refractivity contribution in [2.24, 2.45) is 0 Å². The van der Waals surface area contributed by atoms with Gasteiger partial charge >= 0.3 is 0 Å². The molecule has 2 N–H and O–H groups in total. The van der Waals surface area contributed by atoms with Gasteiger partial charge in [0.1, 0.15) is 0 Å². The molecule has 0 bridgehead atoms. The Labute approximate surface area is 161 Å². The Hall–Kier alpha value is -1.75. The van der Waals surface area contributed by atoms with Gasteiger partial charge in [-0.05, 0) is 38.0 Å². The molecule has 0 aliphatic carbocycles. The summed E-state index contributed by atoms with van der Waals surface area (Å²) < 4.78 is 36.3. The van der Waals surface area contributed by atoms with E-state index >= 15 is 0 Å². The first-order valence-electron chi connectivity index (χ1n) is 7.82. The minimum Gasteiger partial charge on any atom is -0.382 e. The second-order valence-corrected chi connectivity index (χ2v) is 8.01. The predicted molar refractivity (Wildman–Crippen MR) is 100 cm³/mol. The highest BCUT2D eigenvalue weighted by atomic mass is 35.5. The van der Waals surface area contributed by atoms with Gasteiger partial charge in [-0.2, -0.15) is 9.36 Å². The van der Waals surface area contributed by atoms with Crippen LogP contribution in [0.1, 0.15) is 29.5 Å². The van der Waals surface area contributed by atoms with Crippen molar-refractivity contribution in [1.82, 2.24) is 14.7 Å². The number of hydrogen-bond acceptors (Lipinski definition) is 7. The number of hydrogen-bond donors (Lipinski definition) is 2. The normalized spacial score (nSPS) is 11.3. The molecule has 26 heavy (non-hydrogen) atoms. The topological polar surface area (TPSA) is 110 Å². The molecule has 142 valence electrons. The maximum atomic E-state index is 12.5. The van der Waals surface area contributed by atoms with Crippen LogP contribution in [0.3, 0.4) is 0 Å². The first kappa shape index (κ1) is 20.6. The van der Waals surface area contributed by atoms with Crippen LogP contribution in [-0.4, -0.2) is 43.4 Å². The molecular formula is C15H19ClN4O4S2. The third kappa shape index (κ3) is 5.37. The lowest BCUT2D eigenvalue weighted by Gasteiger charge is -2.08. The zero-order valence-corrected chi connectivity index (χ0v) is 16.7. The Kier molecular flexibility index (Phi) is 7.33. The van der Waals surface area contributed by atoms with E-state index in [1.165, 1.54) is 6.07 Å². The lowest BCUT2D eigenvalue weighted by molar-refractivity contribution is 0.0935. The molecule has 0 saturated carbocycles. The molecule has 0 unspecified atom stereocenters. The fraction of sp³-hybridized carbons (Fsp3) is 0.400. The number of aromatic nitrogens is 2. The van der Waals surface area contributed by atoms with Crippen molar-refractivity contribution < 1.29 is 17.9 Å². The second kappa shape index (κ2) is 9.26. The molecule has 0 saturated heterocycles. The Morgan fingerprint density at radius 2 is 2.15 bits per heavy atom. The first-order valence-corrected chi connectivity index (χ1v) is 10.5. The van der Waals surface area contributed by atoms with Gasteiger partial charge in [0.15, 0.2) is 0 Å². The first-order chi connectivity index (χ1) is 12.3. The maximum absolute atomic E-state index is 12.5. The quantitative estimate of drug-likeness (QED) is 0.605. The van der Waals surface area contributed by atoms with Gasteiger partial charge in [-0.25, -0.2) is 8.42 Å². The van der Waals surface area contributed by atoms with E-state index in [2.05, 4.69) is 19.4 Å². The van der Waals surface area contributed by atoms with Crippen LogP contribution in [0.15, 0.2) is 23.1 Å². The largest absolute Gasteiger partial charge is 0.382 e. The van der Waals surface area contributed by atoms with Gasteiger partial charge in [-0.1, -0.05) is 17.7 Å². The Bertz CT molecular complexity index is 870. The molecule has 2 aromatic rings. The van der Waals surface area contributed by atoms with Crippen molar-refractivity contribution in [3.63, 3.8) is 0 Å². The Balaban J connectivity index is 2.01. The number of nitrogens with one attached hydrogen (secondary N) is 2. The summed E-state index contributed by atoms with van der Waals surface area (Å²) in [7, 11) is -3.88. The third-order valence-electron chi connectivity index (χ3n) is 3.31. The fourth-order valence-corrected chi connectivity index (χ4v) is 4.29. The lowest BCUT2D eigenvalue weighted by Crippen LogP contribution is -2.26. The van der Waals surface area contributed by atoms with Crippen LogP contribution in [0.25, 0.3) is 0 Å². The van der Waals surface area contributed by atoms with E-state index in [1.807, 2.05) is 6.92 Å². The minimum atomic E-state index is -3.88. The highest BCUT2D eigenvalue weighted by Crippen LogP contribution is 2.25. The van der Waals surface area contributed by atoms with Gasteiger partial charge in [0.25, 0.3) is 15.9 Å². The van der Waals surface area contributed by atoms with Crippen molar-refractivity contribution in [2.75, 3.05) is 24.5 Å². The zero-order chi connectivity index (χ0) is 19.2. The van der Waals surface area contributed by atoms with Crippen LogP contribution in [0.4, 0.5) is 5.13 Å². The summed E-state index contributed by atoms with van der Waals surface area (Å²) in [5, 5.41) is 3.00. The number of carbonyl (C=O) groups is 1. The summed E-state index contributed by atoms with van der Waals surface area (Å²) in [6.07, 6.45) is 0.664. The van der Waals surface area contributed by atoms with E-state index in [0.717, 1.165) is 11.5 Å². The molecule has 8 nitrogen and oxygen atoms in total. The van der Waals surface area contributed by atoms with E-state index in [-0.39, 0.29) is 15.9 Å². The molecule has 0 aliphatic heterocycles. The van der Waals surface area contributed by atoms with Crippen molar-refractivity contribution >= 4 is 44.2 Å². The highest BCUT2D eigenvalue weighted by Gasteiger charge is 2.21. The molecule has 1 heterocycles. The molecule has 2 rings (SSSR count). The zero-order valence-electron chi connectivity index (χ0n) is 14.3. The van der Waals surface area contributed by atoms with Crippen molar-refractivity contribution in [3.05, 3.63) is 34.6 Å². The molecule has 1 amide bonds. The van der Waals surface area contributed by atoms with Gasteiger partial charge in [0, 0.05) is 36.3 Å². The van der Waals surface area contributed by atoms with E-state index < -0.39 is 15.9 Å². The standard InChI is InChI=1S/C15H19ClN4O4S2/c1-3-24-9-5-8-17-14(21)13-18-15(25-19-13)20-26(22,23)12-7-4-6-11(16)10(12)2/h4,6-7H,3,5,8-9H2,1-2H3,(H,17,21)(H,18,19,20). The van der Waals surface area contributed by atoms with Crippen LogP contribution in [-0.2, 0) is 14.8 Å². The monoisotopic (exact) mass is 418 g/mol. The maximum Gasteiger partial charge on any atom is 0.290 e. The Morgan fingerprint density at radius 1 is 1.38 bits per heavy atom. The molecule has 1 aromatic carbocycles. The number of ether oxygens (including phenoxy) is 1. The minimum absolute atomic E-state index is 0.00356. The van der Waals surface area contributed by atoms with Crippen molar-refractivity contribution in [2.45, 2.75) is 25.2 Å². The van der Waals surface area contributed by atoms with Crippen molar-refractivity contribution in [1.29, 1.82) is 0 Å².